The Morgan fingerprint density at radius 1 is 1.28 bits per heavy atom. The third-order valence-corrected chi connectivity index (χ3v) is 6.97. The van der Waals surface area contributed by atoms with Crippen molar-refractivity contribution in [2.24, 2.45) is 0 Å². The number of carbonyl (C=O) groups excluding carboxylic acids is 1. The molecule has 0 saturated heterocycles. The number of nitrogens with zero attached hydrogens (tertiary/aromatic N) is 2. The minimum atomic E-state index is -1.06. The molecule has 3 rings (SSSR count). The Bertz CT molecular complexity index is 1070. The summed E-state index contributed by atoms with van der Waals surface area (Å²) in [7, 11) is 1.34. The number of halogens is 2. The molecule has 170 valence electrons. The second-order valence-corrected chi connectivity index (χ2v) is 9.77. The molecule has 1 atom stereocenters. The number of carbonyl (C=O) groups is 1. The first-order valence-electron chi connectivity index (χ1n) is 9.88. The first-order chi connectivity index (χ1) is 15.3. The molecule has 5 nitrogen and oxygen atoms in total. The first-order valence-corrected chi connectivity index (χ1v) is 11.9. The van der Waals surface area contributed by atoms with Crippen molar-refractivity contribution >= 4 is 46.5 Å². The highest BCUT2D eigenvalue weighted by Gasteiger charge is 2.20. The number of aryl methyl sites for hydroxylation is 2. The maximum absolute atomic E-state index is 14.1. The molecule has 1 heterocycles. The molecule has 0 fully saturated rings. The van der Waals surface area contributed by atoms with Crippen LogP contribution in [0.15, 0.2) is 46.1 Å². The van der Waals surface area contributed by atoms with Crippen LogP contribution < -0.4 is 9.04 Å². The molecule has 0 saturated carbocycles. The van der Waals surface area contributed by atoms with E-state index in [-0.39, 0.29) is 13.2 Å². The average molecular weight is 495 g/mol. The lowest BCUT2D eigenvalue weighted by molar-refractivity contribution is 0.0600. The molecule has 0 aliphatic carbocycles. The molecule has 1 unspecified atom stereocenters. The van der Waals surface area contributed by atoms with E-state index in [4.69, 9.17) is 21.1 Å². The largest absolute Gasteiger partial charge is 0.487 e. The van der Waals surface area contributed by atoms with E-state index in [1.807, 2.05) is 29.6 Å². The monoisotopic (exact) mass is 494 g/mol. The standard InChI is InChI=1S/C23H24ClFN2O3S2/c1-14-9-20(27(11-15(2)25)32-23-26-16(3)13-31-23)21(10-19(14)24)30-12-17-5-7-18(8-6-17)22(28)29-4/h5-10,13,15H,11-12H2,1-4H3. The van der Waals surface area contributed by atoms with Gasteiger partial charge >= 0.3 is 5.97 Å². The number of hydrogen-bond acceptors (Lipinski definition) is 7. The van der Waals surface area contributed by atoms with Gasteiger partial charge in [-0.05, 0) is 50.1 Å². The molecule has 0 aliphatic rings. The molecule has 2 aromatic carbocycles. The van der Waals surface area contributed by atoms with Gasteiger partial charge in [0, 0.05) is 34.1 Å². The SMILES string of the molecule is COC(=O)c1ccc(COc2cc(Cl)c(C)cc2N(CC(C)F)Sc2nc(C)cs2)cc1. The van der Waals surface area contributed by atoms with Gasteiger partial charge in [0.25, 0.3) is 0 Å². The smallest absolute Gasteiger partial charge is 0.337 e. The molecular weight excluding hydrogens is 471 g/mol. The summed E-state index contributed by atoms with van der Waals surface area (Å²) in [5.74, 6) is 0.148. The Kier molecular flexibility index (Phi) is 8.39. The maximum Gasteiger partial charge on any atom is 0.337 e. The van der Waals surface area contributed by atoms with Crippen molar-refractivity contribution < 1.29 is 18.7 Å². The fraction of sp³-hybridized carbons (Fsp3) is 0.304. The molecule has 1 aromatic heterocycles. The van der Waals surface area contributed by atoms with Crippen molar-refractivity contribution in [3.05, 3.63) is 69.2 Å². The predicted molar refractivity (Wildman–Crippen MR) is 129 cm³/mol. The zero-order valence-electron chi connectivity index (χ0n) is 18.2. The summed E-state index contributed by atoms with van der Waals surface area (Å²) in [6, 6.07) is 10.6. The zero-order valence-corrected chi connectivity index (χ0v) is 20.6. The predicted octanol–water partition coefficient (Wildman–Crippen LogP) is 6.65. The number of thiazole rings is 1. The van der Waals surface area contributed by atoms with E-state index in [0.29, 0.717) is 16.3 Å². The van der Waals surface area contributed by atoms with Crippen LogP contribution in [0.25, 0.3) is 0 Å². The van der Waals surface area contributed by atoms with E-state index in [0.717, 1.165) is 26.8 Å². The van der Waals surface area contributed by atoms with Gasteiger partial charge in [0.1, 0.15) is 18.5 Å². The highest BCUT2D eigenvalue weighted by molar-refractivity contribution is 8.02. The normalized spacial score (nSPS) is 11.8. The number of alkyl halides is 1. The molecule has 0 aliphatic heterocycles. The van der Waals surface area contributed by atoms with E-state index in [1.54, 1.807) is 30.3 Å². The highest BCUT2D eigenvalue weighted by Crippen LogP contribution is 2.40. The van der Waals surface area contributed by atoms with E-state index < -0.39 is 12.1 Å². The van der Waals surface area contributed by atoms with Gasteiger partial charge < -0.3 is 13.8 Å². The summed E-state index contributed by atoms with van der Waals surface area (Å²) in [6.45, 7) is 5.76. The number of esters is 1. The summed E-state index contributed by atoms with van der Waals surface area (Å²) >= 11 is 9.26. The molecular formula is C23H24ClFN2O3S2. The molecule has 0 spiro atoms. The Morgan fingerprint density at radius 3 is 2.59 bits per heavy atom. The van der Waals surface area contributed by atoms with Crippen LogP contribution in [0.4, 0.5) is 10.1 Å². The summed E-state index contributed by atoms with van der Waals surface area (Å²) in [5.41, 5.74) is 3.84. The van der Waals surface area contributed by atoms with Crippen LogP contribution in [-0.4, -0.2) is 30.8 Å². The number of hydrogen-bond donors (Lipinski definition) is 0. The van der Waals surface area contributed by atoms with Crippen LogP contribution in [0, 0.1) is 13.8 Å². The number of rotatable bonds is 9. The van der Waals surface area contributed by atoms with Crippen LogP contribution in [0.5, 0.6) is 5.75 Å². The third-order valence-electron chi connectivity index (χ3n) is 4.48. The van der Waals surface area contributed by atoms with Crippen molar-refractivity contribution in [2.45, 2.75) is 37.9 Å². The number of anilines is 1. The van der Waals surface area contributed by atoms with Crippen LogP contribution >= 0.6 is 34.9 Å². The molecule has 32 heavy (non-hydrogen) atoms. The van der Waals surface area contributed by atoms with Gasteiger partial charge in [-0.3, -0.25) is 0 Å². The van der Waals surface area contributed by atoms with Gasteiger partial charge in [0.05, 0.1) is 24.9 Å². The lowest BCUT2D eigenvalue weighted by Gasteiger charge is -2.26. The van der Waals surface area contributed by atoms with Crippen molar-refractivity contribution in [1.29, 1.82) is 0 Å². The van der Waals surface area contributed by atoms with Crippen LogP contribution in [0.1, 0.15) is 34.1 Å². The van der Waals surface area contributed by atoms with Crippen molar-refractivity contribution in [1.82, 2.24) is 4.98 Å². The number of ether oxygens (including phenoxy) is 2. The number of aromatic nitrogens is 1. The Hall–Kier alpha value is -2.29. The Labute approximate surface area is 200 Å². The van der Waals surface area contributed by atoms with Crippen LogP contribution in [-0.2, 0) is 11.3 Å². The molecule has 0 amide bonds. The molecule has 9 heteroatoms. The van der Waals surface area contributed by atoms with Crippen molar-refractivity contribution in [3.63, 3.8) is 0 Å². The molecule has 0 radical (unpaired) electrons. The lowest BCUT2D eigenvalue weighted by Crippen LogP contribution is -2.23. The Balaban J connectivity index is 1.86. The highest BCUT2D eigenvalue weighted by atomic mass is 35.5. The number of benzene rings is 2. The minimum Gasteiger partial charge on any atom is -0.487 e. The van der Waals surface area contributed by atoms with E-state index in [1.165, 1.54) is 37.3 Å². The molecule has 0 bridgehead atoms. The quantitative estimate of drug-likeness (QED) is 0.245. The lowest BCUT2D eigenvalue weighted by atomic mass is 10.1. The first kappa shape index (κ1) is 24.4. The fourth-order valence-electron chi connectivity index (χ4n) is 2.86. The van der Waals surface area contributed by atoms with Gasteiger partial charge in [0.2, 0.25) is 0 Å². The summed E-state index contributed by atoms with van der Waals surface area (Å²) in [4.78, 5) is 16.1. The fourth-order valence-corrected chi connectivity index (χ4v) is 5.01. The van der Waals surface area contributed by atoms with E-state index in [9.17, 15) is 9.18 Å². The average Bonchev–Trinajstić information content (AvgIpc) is 3.17. The number of methoxy groups -OCH3 is 1. The zero-order chi connectivity index (χ0) is 23.3. The maximum atomic E-state index is 14.1. The van der Waals surface area contributed by atoms with E-state index in [2.05, 4.69) is 4.98 Å². The second-order valence-electron chi connectivity index (χ2n) is 7.23. The molecule has 0 N–H and O–H groups in total. The van der Waals surface area contributed by atoms with Gasteiger partial charge in [-0.1, -0.05) is 23.7 Å². The summed E-state index contributed by atoms with van der Waals surface area (Å²) in [5, 5.41) is 2.52. The summed E-state index contributed by atoms with van der Waals surface area (Å²) < 4.78 is 27.6. The summed E-state index contributed by atoms with van der Waals surface area (Å²) in [6.07, 6.45) is -1.06. The van der Waals surface area contributed by atoms with Gasteiger partial charge in [0.15, 0.2) is 4.34 Å². The Morgan fingerprint density at radius 2 is 2.00 bits per heavy atom. The van der Waals surface area contributed by atoms with E-state index >= 15 is 0 Å². The second kappa shape index (κ2) is 11.0. The van der Waals surface area contributed by atoms with Gasteiger partial charge in [-0.2, -0.15) is 0 Å². The van der Waals surface area contributed by atoms with Gasteiger partial charge in [-0.15, -0.1) is 11.3 Å². The van der Waals surface area contributed by atoms with Crippen molar-refractivity contribution in [2.75, 3.05) is 18.0 Å². The molecule has 3 aromatic rings. The topological polar surface area (TPSA) is 51.7 Å². The third kappa shape index (κ3) is 6.37. The van der Waals surface area contributed by atoms with Crippen LogP contribution in [0.2, 0.25) is 5.02 Å². The van der Waals surface area contributed by atoms with Gasteiger partial charge in [-0.25, -0.2) is 14.2 Å². The van der Waals surface area contributed by atoms with Crippen molar-refractivity contribution in [3.8, 4) is 5.75 Å². The van der Waals surface area contributed by atoms with Crippen LogP contribution in [0.3, 0.4) is 0 Å². The minimum absolute atomic E-state index is 0.161.